The summed E-state index contributed by atoms with van der Waals surface area (Å²) in [5.74, 6) is 0.332. The van der Waals surface area contributed by atoms with Gasteiger partial charge in [0, 0.05) is 14.8 Å². The molecule has 0 radical (unpaired) electrons. The highest BCUT2D eigenvalue weighted by Gasteiger charge is 2.29. The minimum absolute atomic E-state index is 0. The third-order valence-corrected chi connectivity index (χ3v) is 5.92. The van der Waals surface area contributed by atoms with E-state index in [-0.39, 0.29) is 18.4 Å². The van der Waals surface area contributed by atoms with Crippen LogP contribution in [0, 0.1) is 5.92 Å². The van der Waals surface area contributed by atoms with Crippen molar-refractivity contribution in [1.29, 1.82) is 0 Å². The predicted octanol–water partition coefficient (Wildman–Crippen LogP) is 5.46. The van der Waals surface area contributed by atoms with Gasteiger partial charge in [-0.25, -0.2) is 0 Å². The Morgan fingerprint density at radius 1 is 1.04 bits per heavy atom. The first-order valence-corrected chi connectivity index (χ1v) is 9.30. The third-order valence-electron chi connectivity index (χ3n) is 4.57. The molecular formula is C19H23Cl2NOS. The molecule has 0 spiro atoms. The molecule has 1 fully saturated rings. The molecular weight excluding hydrogens is 361 g/mol. The summed E-state index contributed by atoms with van der Waals surface area (Å²) in [4.78, 5) is 2.21. The Labute approximate surface area is 159 Å². The van der Waals surface area contributed by atoms with E-state index in [0.717, 1.165) is 33.2 Å². The van der Waals surface area contributed by atoms with E-state index in [1.165, 1.54) is 12.8 Å². The molecule has 0 saturated heterocycles. The van der Waals surface area contributed by atoms with Crippen LogP contribution in [0.3, 0.4) is 0 Å². The SMILES string of the molecule is Cl.N[C@@H](c1ccccc1Sc1ccc(Cl)cc1)[C@H](O)C1CCCC1. The number of rotatable bonds is 5. The van der Waals surface area contributed by atoms with Crippen LogP contribution in [-0.2, 0) is 0 Å². The van der Waals surface area contributed by atoms with E-state index in [0.29, 0.717) is 5.92 Å². The van der Waals surface area contributed by atoms with Gasteiger partial charge in [-0.1, -0.05) is 54.4 Å². The van der Waals surface area contributed by atoms with Crippen molar-refractivity contribution in [3.63, 3.8) is 0 Å². The molecule has 0 unspecified atom stereocenters. The number of aliphatic hydroxyl groups excluding tert-OH is 1. The number of hydrogen-bond donors (Lipinski definition) is 2. The second-order valence-electron chi connectivity index (χ2n) is 6.15. The lowest BCUT2D eigenvalue weighted by Crippen LogP contribution is -2.32. The Bertz CT molecular complexity index is 644. The van der Waals surface area contributed by atoms with E-state index in [9.17, 15) is 5.11 Å². The maximum atomic E-state index is 10.6. The highest BCUT2D eigenvalue weighted by Crippen LogP contribution is 2.37. The second kappa shape index (κ2) is 9.12. The molecule has 3 N–H and O–H groups in total. The maximum absolute atomic E-state index is 10.6. The van der Waals surface area contributed by atoms with Gasteiger partial charge in [0.25, 0.3) is 0 Å². The minimum atomic E-state index is -0.468. The second-order valence-corrected chi connectivity index (χ2v) is 7.71. The summed E-state index contributed by atoms with van der Waals surface area (Å²) in [6, 6.07) is 15.5. The molecule has 1 saturated carbocycles. The summed E-state index contributed by atoms with van der Waals surface area (Å²) in [5.41, 5.74) is 7.43. The minimum Gasteiger partial charge on any atom is -0.391 e. The van der Waals surface area contributed by atoms with Gasteiger partial charge in [0.2, 0.25) is 0 Å². The molecule has 24 heavy (non-hydrogen) atoms. The van der Waals surface area contributed by atoms with E-state index in [4.69, 9.17) is 17.3 Å². The largest absolute Gasteiger partial charge is 0.391 e. The fraction of sp³-hybridized carbons (Fsp3) is 0.368. The zero-order valence-electron chi connectivity index (χ0n) is 13.4. The Hall–Kier alpha value is -0.710. The van der Waals surface area contributed by atoms with Gasteiger partial charge in [0.15, 0.2) is 0 Å². The smallest absolute Gasteiger partial charge is 0.0761 e. The lowest BCUT2D eigenvalue weighted by Gasteiger charge is -2.26. The number of nitrogens with two attached hydrogens (primary N) is 1. The summed E-state index contributed by atoms with van der Waals surface area (Å²) in [5, 5.41) is 11.4. The Balaban J connectivity index is 0.00000208. The topological polar surface area (TPSA) is 46.2 Å². The van der Waals surface area contributed by atoms with Crippen molar-refractivity contribution in [2.45, 2.75) is 47.6 Å². The van der Waals surface area contributed by atoms with Crippen LogP contribution in [0.15, 0.2) is 58.3 Å². The molecule has 0 bridgehead atoms. The monoisotopic (exact) mass is 383 g/mol. The van der Waals surface area contributed by atoms with Gasteiger partial charge in [-0.3, -0.25) is 0 Å². The quantitative estimate of drug-likeness (QED) is 0.719. The van der Waals surface area contributed by atoms with Crippen molar-refractivity contribution in [3.05, 3.63) is 59.1 Å². The van der Waals surface area contributed by atoms with E-state index in [2.05, 4.69) is 6.07 Å². The van der Waals surface area contributed by atoms with Gasteiger partial charge >= 0.3 is 0 Å². The molecule has 5 heteroatoms. The van der Waals surface area contributed by atoms with E-state index >= 15 is 0 Å². The molecule has 3 rings (SSSR count). The first-order chi connectivity index (χ1) is 11.1. The van der Waals surface area contributed by atoms with Crippen molar-refractivity contribution in [1.82, 2.24) is 0 Å². The van der Waals surface area contributed by atoms with E-state index in [1.807, 2.05) is 42.5 Å². The van der Waals surface area contributed by atoms with Crippen molar-refractivity contribution in [2.24, 2.45) is 11.7 Å². The first kappa shape index (κ1) is 19.6. The fourth-order valence-corrected chi connectivity index (χ4v) is 4.38. The van der Waals surface area contributed by atoms with Gasteiger partial charge in [0.1, 0.15) is 0 Å². The van der Waals surface area contributed by atoms with Crippen LogP contribution in [0.2, 0.25) is 5.02 Å². The maximum Gasteiger partial charge on any atom is 0.0761 e. The molecule has 2 nitrogen and oxygen atoms in total. The molecule has 0 aromatic heterocycles. The fourth-order valence-electron chi connectivity index (χ4n) is 3.25. The lowest BCUT2D eigenvalue weighted by molar-refractivity contribution is 0.0837. The molecule has 2 aromatic carbocycles. The molecule has 2 atom stereocenters. The zero-order chi connectivity index (χ0) is 16.2. The molecule has 1 aliphatic carbocycles. The lowest BCUT2D eigenvalue weighted by atomic mass is 9.91. The standard InChI is InChI=1S/C19H22ClNOS.ClH/c20-14-9-11-15(12-10-14)23-17-8-4-3-7-16(17)18(21)19(22)13-5-1-2-6-13;/h3-4,7-13,18-19,22H,1-2,5-6,21H2;1H/t18-,19+;/m0./s1. The molecule has 1 aliphatic rings. The molecule has 0 heterocycles. The first-order valence-electron chi connectivity index (χ1n) is 8.11. The van der Waals surface area contributed by atoms with Crippen LogP contribution >= 0.6 is 35.8 Å². The summed E-state index contributed by atoms with van der Waals surface area (Å²) in [6.07, 6.45) is 4.11. The van der Waals surface area contributed by atoms with Crippen LogP contribution in [0.4, 0.5) is 0 Å². The van der Waals surface area contributed by atoms with Gasteiger partial charge < -0.3 is 10.8 Å². The highest BCUT2D eigenvalue weighted by molar-refractivity contribution is 7.99. The van der Waals surface area contributed by atoms with Crippen molar-refractivity contribution >= 4 is 35.8 Å². The van der Waals surface area contributed by atoms with Crippen molar-refractivity contribution < 1.29 is 5.11 Å². The van der Waals surface area contributed by atoms with Crippen LogP contribution in [0.25, 0.3) is 0 Å². The van der Waals surface area contributed by atoms with Gasteiger partial charge in [-0.15, -0.1) is 12.4 Å². The Morgan fingerprint density at radius 2 is 1.67 bits per heavy atom. The summed E-state index contributed by atoms with van der Waals surface area (Å²) in [6.45, 7) is 0. The Morgan fingerprint density at radius 3 is 2.33 bits per heavy atom. The number of aliphatic hydroxyl groups is 1. The highest BCUT2D eigenvalue weighted by atomic mass is 35.5. The van der Waals surface area contributed by atoms with Crippen LogP contribution in [0.1, 0.15) is 37.3 Å². The van der Waals surface area contributed by atoms with Gasteiger partial charge in [-0.05, 0) is 54.7 Å². The molecule has 0 aliphatic heterocycles. The Kier molecular flexibility index (Phi) is 7.45. The summed E-state index contributed by atoms with van der Waals surface area (Å²) < 4.78 is 0. The van der Waals surface area contributed by atoms with Gasteiger partial charge in [0.05, 0.1) is 12.1 Å². The van der Waals surface area contributed by atoms with Crippen molar-refractivity contribution in [2.75, 3.05) is 0 Å². The average Bonchev–Trinajstić information content (AvgIpc) is 3.11. The van der Waals surface area contributed by atoms with E-state index in [1.54, 1.807) is 11.8 Å². The van der Waals surface area contributed by atoms with Gasteiger partial charge in [-0.2, -0.15) is 0 Å². The molecule has 0 amide bonds. The van der Waals surface area contributed by atoms with Crippen molar-refractivity contribution in [3.8, 4) is 0 Å². The number of hydrogen-bond acceptors (Lipinski definition) is 3. The molecule has 130 valence electrons. The predicted molar refractivity (Wildman–Crippen MR) is 104 cm³/mol. The molecule has 2 aromatic rings. The van der Waals surface area contributed by atoms with Crippen LogP contribution < -0.4 is 5.73 Å². The number of halogens is 2. The summed E-state index contributed by atoms with van der Waals surface area (Å²) >= 11 is 7.61. The zero-order valence-corrected chi connectivity index (χ0v) is 15.8. The van der Waals surface area contributed by atoms with E-state index < -0.39 is 6.10 Å². The van der Waals surface area contributed by atoms with Crippen LogP contribution in [-0.4, -0.2) is 11.2 Å². The number of benzene rings is 2. The van der Waals surface area contributed by atoms with Crippen LogP contribution in [0.5, 0.6) is 0 Å². The summed E-state index contributed by atoms with van der Waals surface area (Å²) in [7, 11) is 0. The third kappa shape index (κ3) is 4.68. The normalized spacial score (nSPS) is 17.3. The average molecular weight is 384 g/mol.